The molecule has 1 aromatic carbocycles. The average molecular weight is 266 g/mol. The minimum atomic E-state index is -3.28. The van der Waals surface area contributed by atoms with Gasteiger partial charge in [0.2, 0.25) is 16.1 Å². The maximum absolute atomic E-state index is 11.5. The highest BCUT2D eigenvalue weighted by molar-refractivity contribution is 7.92. The van der Waals surface area contributed by atoms with Gasteiger partial charge in [-0.15, -0.1) is 0 Å². The Morgan fingerprint density at radius 3 is 2.56 bits per heavy atom. The predicted molar refractivity (Wildman–Crippen MR) is 68.7 cm³/mol. The Balaban J connectivity index is 2.40. The summed E-state index contributed by atoms with van der Waals surface area (Å²) in [6, 6.07) is 7.10. The topological polar surface area (TPSA) is 66.8 Å². The highest BCUT2D eigenvalue weighted by Crippen LogP contribution is 2.49. The minimum absolute atomic E-state index is 0.476. The molecule has 1 aliphatic rings. The van der Waals surface area contributed by atoms with Crippen LogP contribution in [0.5, 0.6) is 0 Å². The first-order valence-electron chi connectivity index (χ1n) is 5.52. The quantitative estimate of drug-likeness (QED) is 0.611. The van der Waals surface area contributed by atoms with E-state index in [4.69, 9.17) is 0 Å². The van der Waals surface area contributed by atoms with Crippen molar-refractivity contribution in [2.45, 2.75) is 18.4 Å². The molecule has 0 aromatic heterocycles. The molecule has 0 N–H and O–H groups in total. The van der Waals surface area contributed by atoms with Crippen LogP contribution in [-0.2, 0) is 20.4 Å². The van der Waals surface area contributed by atoms with E-state index >= 15 is 0 Å². The van der Waals surface area contributed by atoms with Crippen molar-refractivity contribution in [3.8, 4) is 0 Å². The van der Waals surface area contributed by atoms with E-state index in [0.717, 1.165) is 24.7 Å². The number of benzene rings is 1. The number of isocyanates is 1. The SMILES string of the molecule is CN(c1cccc(C2(N=C=O)CC2)c1)S(C)(=O)=O. The first-order chi connectivity index (χ1) is 8.39. The van der Waals surface area contributed by atoms with Gasteiger partial charge in [-0.3, -0.25) is 4.31 Å². The maximum atomic E-state index is 11.5. The van der Waals surface area contributed by atoms with Crippen LogP contribution in [0.3, 0.4) is 0 Å². The highest BCUT2D eigenvalue weighted by atomic mass is 32.2. The van der Waals surface area contributed by atoms with E-state index in [1.165, 1.54) is 11.4 Å². The van der Waals surface area contributed by atoms with E-state index in [2.05, 4.69) is 4.99 Å². The van der Waals surface area contributed by atoms with Gasteiger partial charge in [0.1, 0.15) is 0 Å². The molecule has 1 saturated carbocycles. The standard InChI is InChI=1S/C12H14N2O3S/c1-14(18(2,16)17)11-5-3-4-10(8-11)12(6-7-12)13-9-15/h3-5,8H,6-7H2,1-2H3. The lowest BCUT2D eigenvalue weighted by molar-refractivity contribution is 0.556. The van der Waals surface area contributed by atoms with Gasteiger partial charge in [0, 0.05) is 7.05 Å². The lowest BCUT2D eigenvalue weighted by atomic mass is 10.1. The molecule has 0 unspecified atom stereocenters. The molecule has 6 heteroatoms. The number of carbonyl (C=O) groups excluding carboxylic acids is 1. The first-order valence-corrected chi connectivity index (χ1v) is 7.37. The zero-order chi connectivity index (χ0) is 13.4. The third-order valence-corrected chi connectivity index (χ3v) is 4.43. The summed E-state index contributed by atoms with van der Waals surface area (Å²) >= 11 is 0. The van der Waals surface area contributed by atoms with E-state index < -0.39 is 15.6 Å². The molecule has 5 nitrogen and oxygen atoms in total. The molecule has 0 atom stereocenters. The summed E-state index contributed by atoms with van der Waals surface area (Å²) in [6.07, 6.45) is 4.34. The third kappa shape index (κ3) is 2.30. The zero-order valence-electron chi connectivity index (χ0n) is 10.3. The summed E-state index contributed by atoms with van der Waals surface area (Å²) < 4.78 is 24.2. The van der Waals surface area contributed by atoms with Crippen molar-refractivity contribution in [1.29, 1.82) is 0 Å². The number of rotatable bonds is 4. The molecule has 0 aliphatic heterocycles. The molecule has 0 amide bonds. The number of hydrogen-bond donors (Lipinski definition) is 0. The summed E-state index contributed by atoms with van der Waals surface area (Å²) in [6.45, 7) is 0. The smallest absolute Gasteiger partial charge is 0.235 e. The maximum Gasteiger partial charge on any atom is 0.235 e. The van der Waals surface area contributed by atoms with Gasteiger partial charge in [-0.2, -0.15) is 4.99 Å². The molecular weight excluding hydrogens is 252 g/mol. The largest absolute Gasteiger partial charge is 0.274 e. The Morgan fingerprint density at radius 1 is 1.39 bits per heavy atom. The van der Waals surface area contributed by atoms with Crippen LogP contribution in [0.2, 0.25) is 0 Å². The fourth-order valence-electron chi connectivity index (χ4n) is 1.85. The van der Waals surface area contributed by atoms with E-state index in [1.54, 1.807) is 24.3 Å². The van der Waals surface area contributed by atoms with E-state index in [9.17, 15) is 13.2 Å². The van der Waals surface area contributed by atoms with Gasteiger partial charge in [0.25, 0.3) is 0 Å². The zero-order valence-corrected chi connectivity index (χ0v) is 11.1. The second-order valence-electron chi connectivity index (χ2n) is 4.52. The van der Waals surface area contributed by atoms with Crippen LogP contribution in [-0.4, -0.2) is 27.8 Å². The predicted octanol–water partition coefficient (Wildman–Crippen LogP) is 1.41. The van der Waals surface area contributed by atoms with Crippen molar-refractivity contribution in [2.24, 2.45) is 4.99 Å². The monoisotopic (exact) mass is 266 g/mol. The fourth-order valence-corrected chi connectivity index (χ4v) is 2.35. The number of nitrogens with zero attached hydrogens (tertiary/aromatic N) is 2. The third-order valence-electron chi connectivity index (χ3n) is 3.23. The molecule has 1 aromatic rings. The molecule has 1 aliphatic carbocycles. The van der Waals surface area contributed by atoms with Crippen LogP contribution in [0.4, 0.5) is 5.69 Å². The van der Waals surface area contributed by atoms with Crippen LogP contribution in [0.15, 0.2) is 29.3 Å². The molecule has 1 fully saturated rings. The number of hydrogen-bond acceptors (Lipinski definition) is 4. The number of sulfonamides is 1. The van der Waals surface area contributed by atoms with E-state index in [-0.39, 0.29) is 0 Å². The van der Waals surface area contributed by atoms with Crippen LogP contribution in [0.25, 0.3) is 0 Å². The fraction of sp³-hybridized carbons (Fsp3) is 0.417. The van der Waals surface area contributed by atoms with Gasteiger partial charge in [-0.25, -0.2) is 13.2 Å². The summed E-state index contributed by atoms with van der Waals surface area (Å²) in [5, 5.41) is 0. The molecule has 0 spiro atoms. The van der Waals surface area contributed by atoms with Crippen LogP contribution in [0, 0.1) is 0 Å². The van der Waals surface area contributed by atoms with Crippen LogP contribution < -0.4 is 4.31 Å². The van der Waals surface area contributed by atoms with Crippen molar-refractivity contribution in [3.63, 3.8) is 0 Å². The summed E-state index contributed by atoms with van der Waals surface area (Å²) in [4.78, 5) is 14.2. The lowest BCUT2D eigenvalue weighted by Crippen LogP contribution is -2.25. The van der Waals surface area contributed by atoms with Crippen molar-refractivity contribution in [2.75, 3.05) is 17.6 Å². The van der Waals surface area contributed by atoms with E-state index in [1.807, 2.05) is 6.07 Å². The minimum Gasteiger partial charge on any atom is -0.274 e. The lowest BCUT2D eigenvalue weighted by Gasteiger charge is -2.18. The Hall–Kier alpha value is -1.65. The Bertz CT molecular complexity index is 614. The van der Waals surface area contributed by atoms with Crippen LogP contribution >= 0.6 is 0 Å². The normalized spacial score (nSPS) is 16.8. The van der Waals surface area contributed by atoms with Gasteiger partial charge < -0.3 is 0 Å². The van der Waals surface area contributed by atoms with Gasteiger partial charge in [0.05, 0.1) is 17.5 Å². The summed E-state index contributed by atoms with van der Waals surface area (Å²) in [5.74, 6) is 0. The first kappa shape index (κ1) is 12.8. The highest BCUT2D eigenvalue weighted by Gasteiger charge is 2.45. The van der Waals surface area contributed by atoms with Gasteiger partial charge >= 0.3 is 0 Å². The molecule has 0 bridgehead atoms. The van der Waals surface area contributed by atoms with Crippen molar-refractivity contribution in [3.05, 3.63) is 29.8 Å². The second-order valence-corrected chi connectivity index (χ2v) is 6.53. The molecule has 2 rings (SSSR count). The van der Waals surface area contributed by atoms with Crippen molar-refractivity contribution in [1.82, 2.24) is 0 Å². The summed E-state index contributed by atoms with van der Waals surface area (Å²) in [5.41, 5.74) is 0.956. The Kier molecular flexibility index (Phi) is 3.00. The second kappa shape index (κ2) is 4.23. The number of anilines is 1. The molecule has 0 heterocycles. The molecular formula is C12H14N2O3S. The summed E-state index contributed by atoms with van der Waals surface area (Å²) in [7, 11) is -1.79. The van der Waals surface area contributed by atoms with Crippen LogP contribution in [0.1, 0.15) is 18.4 Å². The van der Waals surface area contributed by atoms with Crippen molar-refractivity contribution >= 4 is 21.8 Å². The Morgan fingerprint density at radius 2 is 2.06 bits per heavy atom. The van der Waals surface area contributed by atoms with Gasteiger partial charge in [-0.05, 0) is 30.5 Å². The average Bonchev–Trinajstić information content (AvgIpc) is 3.09. The molecule has 0 saturated heterocycles. The Labute approximate surface area is 106 Å². The van der Waals surface area contributed by atoms with Crippen molar-refractivity contribution < 1.29 is 13.2 Å². The number of aliphatic imine (C=N–C) groups is 1. The molecule has 18 heavy (non-hydrogen) atoms. The molecule has 96 valence electrons. The van der Waals surface area contributed by atoms with Gasteiger partial charge in [-0.1, -0.05) is 12.1 Å². The van der Waals surface area contributed by atoms with Gasteiger partial charge in [0.15, 0.2) is 0 Å². The molecule has 0 radical (unpaired) electrons. The van der Waals surface area contributed by atoms with E-state index in [0.29, 0.717) is 5.69 Å².